The Morgan fingerprint density at radius 2 is 2.04 bits per heavy atom. The van der Waals surface area contributed by atoms with Crippen LogP contribution in [0.3, 0.4) is 0 Å². The smallest absolute Gasteiger partial charge is 0.333 e. The van der Waals surface area contributed by atoms with Crippen molar-refractivity contribution in [1.29, 1.82) is 0 Å². The highest BCUT2D eigenvalue weighted by atomic mass is 19.1. The standard InChI is InChI=1S/C19H20FN3O4/c20-16-6-2-1-5-15(16)17-9-7-13(27-17)8-10-18(24)22-23-19(25)21-12-14-4-3-11-26-14/h1-2,5-10,14H,3-4,11-12H2,(H,22,24)(H2,21,23,25). The van der Waals surface area contributed by atoms with Crippen LogP contribution in [-0.2, 0) is 9.53 Å². The number of carbonyl (C=O) groups is 2. The number of rotatable bonds is 5. The molecule has 8 heteroatoms. The van der Waals surface area contributed by atoms with E-state index in [1.807, 2.05) is 0 Å². The van der Waals surface area contributed by atoms with E-state index < -0.39 is 17.8 Å². The summed E-state index contributed by atoms with van der Waals surface area (Å²) in [6.07, 6.45) is 4.54. The van der Waals surface area contributed by atoms with Crippen LogP contribution in [0.15, 0.2) is 46.9 Å². The van der Waals surface area contributed by atoms with E-state index in [-0.39, 0.29) is 6.10 Å². The number of carbonyl (C=O) groups excluding carboxylic acids is 2. The van der Waals surface area contributed by atoms with Gasteiger partial charge in [0, 0.05) is 19.2 Å². The first-order chi connectivity index (χ1) is 13.1. The Bertz CT molecular complexity index is 828. The second kappa shape index (κ2) is 9.00. The normalized spacial score (nSPS) is 16.4. The summed E-state index contributed by atoms with van der Waals surface area (Å²) in [5, 5.41) is 2.61. The first kappa shape index (κ1) is 18.7. The van der Waals surface area contributed by atoms with Gasteiger partial charge >= 0.3 is 6.03 Å². The molecular formula is C19H20FN3O4. The third-order valence-electron chi connectivity index (χ3n) is 3.98. The Labute approximate surface area is 155 Å². The highest BCUT2D eigenvalue weighted by Crippen LogP contribution is 2.25. The molecule has 2 aromatic rings. The molecule has 7 nitrogen and oxygen atoms in total. The van der Waals surface area contributed by atoms with Crippen molar-refractivity contribution in [2.24, 2.45) is 0 Å². The molecule has 142 valence electrons. The fourth-order valence-electron chi connectivity index (χ4n) is 2.62. The van der Waals surface area contributed by atoms with Gasteiger partial charge in [0.2, 0.25) is 0 Å². The minimum absolute atomic E-state index is 0.0222. The van der Waals surface area contributed by atoms with Gasteiger partial charge in [-0.05, 0) is 43.2 Å². The number of urea groups is 1. The monoisotopic (exact) mass is 373 g/mol. The largest absolute Gasteiger partial charge is 0.457 e. The van der Waals surface area contributed by atoms with Crippen molar-refractivity contribution in [2.75, 3.05) is 13.2 Å². The molecule has 3 amide bonds. The molecule has 2 heterocycles. The predicted molar refractivity (Wildman–Crippen MR) is 96.8 cm³/mol. The van der Waals surface area contributed by atoms with Crippen LogP contribution in [0.25, 0.3) is 17.4 Å². The van der Waals surface area contributed by atoms with E-state index in [4.69, 9.17) is 9.15 Å². The van der Waals surface area contributed by atoms with Gasteiger partial charge in [-0.15, -0.1) is 0 Å². The van der Waals surface area contributed by atoms with Crippen LogP contribution < -0.4 is 16.2 Å². The zero-order valence-electron chi connectivity index (χ0n) is 14.5. The lowest BCUT2D eigenvalue weighted by atomic mass is 10.1. The average molecular weight is 373 g/mol. The quantitative estimate of drug-likeness (QED) is 0.555. The fourth-order valence-corrected chi connectivity index (χ4v) is 2.62. The zero-order valence-corrected chi connectivity index (χ0v) is 14.5. The van der Waals surface area contributed by atoms with Crippen molar-refractivity contribution in [2.45, 2.75) is 18.9 Å². The number of nitrogens with one attached hydrogen (secondary N) is 3. The number of hydrogen-bond acceptors (Lipinski definition) is 4. The van der Waals surface area contributed by atoms with Gasteiger partial charge in [0.05, 0.1) is 11.7 Å². The van der Waals surface area contributed by atoms with Crippen LogP contribution in [0.5, 0.6) is 0 Å². The summed E-state index contributed by atoms with van der Waals surface area (Å²) >= 11 is 0. The fraction of sp³-hybridized carbons (Fsp3) is 0.263. The molecule has 0 saturated carbocycles. The van der Waals surface area contributed by atoms with E-state index in [2.05, 4.69) is 16.2 Å². The van der Waals surface area contributed by atoms with E-state index in [0.717, 1.165) is 12.8 Å². The van der Waals surface area contributed by atoms with Crippen molar-refractivity contribution in [3.8, 4) is 11.3 Å². The van der Waals surface area contributed by atoms with Gasteiger partial charge in [0.1, 0.15) is 17.3 Å². The highest BCUT2D eigenvalue weighted by molar-refractivity contribution is 5.92. The molecule has 1 saturated heterocycles. The van der Waals surface area contributed by atoms with Crippen LogP contribution in [-0.4, -0.2) is 31.2 Å². The number of benzene rings is 1. The van der Waals surface area contributed by atoms with Crippen LogP contribution in [0.4, 0.5) is 9.18 Å². The Balaban J connectivity index is 1.44. The van der Waals surface area contributed by atoms with Crippen molar-refractivity contribution in [3.63, 3.8) is 0 Å². The molecule has 1 aromatic carbocycles. The first-order valence-electron chi connectivity index (χ1n) is 8.60. The lowest BCUT2D eigenvalue weighted by Crippen LogP contribution is -2.48. The number of ether oxygens (including phenoxy) is 1. The van der Waals surface area contributed by atoms with Gasteiger partial charge in [-0.3, -0.25) is 10.2 Å². The Morgan fingerprint density at radius 3 is 2.81 bits per heavy atom. The van der Waals surface area contributed by atoms with E-state index in [1.165, 1.54) is 18.2 Å². The van der Waals surface area contributed by atoms with E-state index in [1.54, 1.807) is 30.3 Å². The van der Waals surface area contributed by atoms with E-state index in [9.17, 15) is 14.0 Å². The summed E-state index contributed by atoms with van der Waals surface area (Å²) in [5.41, 5.74) is 4.83. The maximum Gasteiger partial charge on any atom is 0.333 e. The molecule has 1 aliphatic heterocycles. The minimum atomic E-state index is -0.536. The average Bonchev–Trinajstić information content (AvgIpc) is 3.35. The van der Waals surface area contributed by atoms with Crippen LogP contribution in [0.1, 0.15) is 18.6 Å². The molecule has 1 unspecified atom stereocenters. The lowest BCUT2D eigenvalue weighted by molar-refractivity contribution is -0.117. The second-order valence-corrected chi connectivity index (χ2v) is 5.97. The Hall–Kier alpha value is -3.13. The molecule has 0 aliphatic carbocycles. The summed E-state index contributed by atoms with van der Waals surface area (Å²) in [7, 11) is 0. The molecule has 0 radical (unpaired) electrons. The van der Waals surface area contributed by atoms with Crippen molar-refractivity contribution in [3.05, 3.63) is 54.1 Å². The molecule has 1 atom stereocenters. The summed E-state index contributed by atoms with van der Waals surface area (Å²) < 4.78 is 24.6. The summed E-state index contributed by atoms with van der Waals surface area (Å²) in [5.74, 6) is -0.185. The lowest BCUT2D eigenvalue weighted by Gasteiger charge is -2.11. The molecule has 0 bridgehead atoms. The van der Waals surface area contributed by atoms with Crippen LogP contribution >= 0.6 is 0 Å². The molecular weight excluding hydrogens is 353 g/mol. The van der Waals surface area contributed by atoms with Crippen LogP contribution in [0, 0.1) is 5.82 Å². The molecule has 0 spiro atoms. The SMILES string of the molecule is O=C(C=Cc1ccc(-c2ccccc2F)o1)NNC(=O)NCC1CCCO1. The van der Waals surface area contributed by atoms with Gasteiger partial charge in [-0.25, -0.2) is 14.6 Å². The van der Waals surface area contributed by atoms with Gasteiger partial charge in [-0.2, -0.15) is 0 Å². The van der Waals surface area contributed by atoms with Gasteiger partial charge in [0.15, 0.2) is 0 Å². The van der Waals surface area contributed by atoms with Gasteiger partial charge in [0.25, 0.3) is 5.91 Å². The zero-order chi connectivity index (χ0) is 19.1. The molecule has 3 N–H and O–H groups in total. The Morgan fingerprint density at radius 1 is 1.19 bits per heavy atom. The minimum Gasteiger partial charge on any atom is -0.457 e. The summed E-state index contributed by atoms with van der Waals surface area (Å²) in [4.78, 5) is 23.3. The molecule has 3 rings (SSSR count). The number of hydrazine groups is 1. The number of halogens is 1. The third-order valence-corrected chi connectivity index (χ3v) is 3.98. The molecule has 1 aromatic heterocycles. The summed E-state index contributed by atoms with van der Waals surface area (Å²) in [6.45, 7) is 1.10. The third kappa shape index (κ3) is 5.42. The van der Waals surface area contributed by atoms with E-state index >= 15 is 0 Å². The van der Waals surface area contributed by atoms with Gasteiger partial charge < -0.3 is 14.5 Å². The first-order valence-corrected chi connectivity index (χ1v) is 8.60. The maximum absolute atomic E-state index is 13.7. The number of furan rings is 1. The Kier molecular flexibility index (Phi) is 6.22. The number of hydrogen-bond donors (Lipinski definition) is 3. The van der Waals surface area contributed by atoms with E-state index in [0.29, 0.717) is 30.2 Å². The molecule has 27 heavy (non-hydrogen) atoms. The highest BCUT2D eigenvalue weighted by Gasteiger charge is 2.16. The maximum atomic E-state index is 13.7. The van der Waals surface area contributed by atoms with Crippen LogP contribution in [0.2, 0.25) is 0 Å². The van der Waals surface area contributed by atoms with Crippen molar-refractivity contribution in [1.82, 2.24) is 16.2 Å². The number of amides is 3. The second-order valence-electron chi connectivity index (χ2n) is 5.97. The van der Waals surface area contributed by atoms with Crippen molar-refractivity contribution >= 4 is 18.0 Å². The topological polar surface area (TPSA) is 92.6 Å². The van der Waals surface area contributed by atoms with Crippen molar-refractivity contribution < 1.29 is 23.1 Å². The summed E-state index contributed by atoms with van der Waals surface area (Å²) in [6, 6.07) is 8.97. The molecule has 1 aliphatic rings. The van der Waals surface area contributed by atoms with Gasteiger partial charge in [-0.1, -0.05) is 12.1 Å². The predicted octanol–water partition coefficient (Wildman–Crippen LogP) is 2.61. The molecule has 1 fully saturated rings.